The van der Waals surface area contributed by atoms with Crippen molar-refractivity contribution in [2.45, 2.75) is 6.54 Å². The Morgan fingerprint density at radius 2 is 2.00 bits per heavy atom. The Labute approximate surface area is 127 Å². The van der Waals surface area contributed by atoms with E-state index >= 15 is 0 Å². The summed E-state index contributed by atoms with van der Waals surface area (Å²) < 4.78 is 38.5. The summed E-state index contributed by atoms with van der Waals surface area (Å²) in [7, 11) is 1.47. The predicted octanol–water partition coefficient (Wildman–Crippen LogP) is -1.87. The van der Waals surface area contributed by atoms with Gasteiger partial charge < -0.3 is 17.5 Å². The van der Waals surface area contributed by atoms with Gasteiger partial charge in [-0.3, -0.25) is 4.57 Å². The molecule has 0 atom stereocenters. The average Bonchev–Trinajstić information content (AvgIpc) is 2.34. The Kier molecular flexibility index (Phi) is 5.62. The van der Waals surface area contributed by atoms with E-state index in [1.807, 2.05) is 0 Å². The Morgan fingerprint density at radius 1 is 1.47 bits per heavy atom. The van der Waals surface area contributed by atoms with Crippen molar-refractivity contribution in [1.82, 2.24) is 9.13 Å². The van der Waals surface area contributed by atoms with Crippen LogP contribution in [0.1, 0.15) is 0 Å². The molecule has 0 amide bonds. The van der Waals surface area contributed by atoms with Gasteiger partial charge in [0.05, 0.1) is 0 Å². The van der Waals surface area contributed by atoms with Crippen molar-refractivity contribution in [3.05, 3.63) is 34.9 Å². The monoisotopic (exact) mass is 244 g/mol. The van der Waals surface area contributed by atoms with Gasteiger partial charge in [0.25, 0.3) is 0 Å². The van der Waals surface area contributed by atoms with Crippen LogP contribution in [0.4, 0.5) is 12.9 Å². The number of nitrogens with zero attached hydrogens (tertiary/aromatic N) is 2. The molecule has 0 fully saturated rings. The molecule has 0 aliphatic rings. The van der Waals surface area contributed by atoms with E-state index in [1.165, 1.54) is 24.0 Å². The number of rotatable bonds is 3. The minimum atomic E-state index is -5.07. The minimum absolute atomic E-state index is 0. The molecule has 0 saturated carbocycles. The number of hydrogen-bond acceptors (Lipinski definition) is 1. The average molecular weight is 244 g/mol. The van der Waals surface area contributed by atoms with Crippen LogP contribution in [0.2, 0.25) is 0 Å². The molecule has 0 N–H and O–H groups in total. The van der Waals surface area contributed by atoms with Gasteiger partial charge in [0.1, 0.15) is 0 Å². The second-order valence-electron chi connectivity index (χ2n) is 3.05. The fourth-order valence-corrected chi connectivity index (χ4v) is 0.953. The molecular weight excluding hydrogens is 235 g/mol. The molecule has 1 aromatic rings. The van der Waals surface area contributed by atoms with Gasteiger partial charge in [0, 0.05) is 26.0 Å². The fraction of sp³-hybridized carbons (Fsp3) is 0.286. The van der Waals surface area contributed by atoms with Crippen LogP contribution >= 0.6 is 0 Å². The molecule has 0 aliphatic heterocycles. The van der Waals surface area contributed by atoms with Crippen molar-refractivity contribution in [3.63, 3.8) is 0 Å². The first-order valence-corrected chi connectivity index (χ1v) is 3.91. The van der Waals surface area contributed by atoms with Crippen molar-refractivity contribution < 1.29 is 64.3 Å². The molecule has 78 valence electrons. The Bertz CT molecular complexity index is 409. The quantitative estimate of drug-likeness (QED) is 0.572. The van der Waals surface area contributed by atoms with E-state index in [0.717, 1.165) is 4.57 Å². The van der Waals surface area contributed by atoms with Crippen LogP contribution in [0.25, 0.3) is 0 Å². The van der Waals surface area contributed by atoms with Crippen LogP contribution in [-0.4, -0.2) is 16.1 Å². The summed E-state index contributed by atoms with van der Waals surface area (Å²) in [6, 6.07) is 0. The van der Waals surface area contributed by atoms with Crippen LogP contribution in [0.5, 0.6) is 0 Å². The van der Waals surface area contributed by atoms with Crippen LogP contribution in [0, 0.1) is 0 Å². The topological polar surface area (TPSA) is 26.9 Å². The molecule has 3 nitrogen and oxygen atoms in total. The first-order valence-electron chi connectivity index (χ1n) is 3.91. The minimum Gasteiger partial charge on any atom is -0.445 e. The standard InChI is InChI=1S/C7H9BF3N2O.K/c1-6(8(9,10)11)5-13-4-3-12(2)7(13)14;/h3-4H,1,5H2,2H3;/q-1;+1. The third-order valence-corrected chi connectivity index (χ3v) is 1.85. The SMILES string of the molecule is C=C(Cn1ccn(C)c1=O)[B-](F)(F)F.[K+]. The third-order valence-electron chi connectivity index (χ3n) is 1.85. The Morgan fingerprint density at radius 3 is 2.33 bits per heavy atom. The summed E-state index contributed by atoms with van der Waals surface area (Å²) in [6.45, 7) is -2.66. The summed E-state index contributed by atoms with van der Waals surface area (Å²) in [5.41, 5.74) is -1.36. The first-order chi connectivity index (χ1) is 6.32. The van der Waals surface area contributed by atoms with E-state index in [0.29, 0.717) is 0 Å². The number of aromatic nitrogens is 2. The van der Waals surface area contributed by atoms with E-state index in [1.54, 1.807) is 0 Å². The maximum absolute atomic E-state index is 12.1. The van der Waals surface area contributed by atoms with E-state index in [9.17, 15) is 17.7 Å². The zero-order chi connectivity index (χ0) is 10.9. The van der Waals surface area contributed by atoms with Crippen LogP contribution < -0.4 is 57.1 Å². The van der Waals surface area contributed by atoms with Crippen LogP contribution in [0.15, 0.2) is 29.2 Å². The molecule has 0 radical (unpaired) electrons. The smallest absolute Gasteiger partial charge is 0.445 e. The van der Waals surface area contributed by atoms with Gasteiger partial charge in [0.15, 0.2) is 0 Å². The fourth-order valence-electron chi connectivity index (χ4n) is 0.953. The van der Waals surface area contributed by atoms with Crippen molar-refractivity contribution in [2.75, 3.05) is 0 Å². The van der Waals surface area contributed by atoms with E-state index in [4.69, 9.17) is 0 Å². The number of hydrogen-bond donors (Lipinski definition) is 0. The molecule has 1 heterocycles. The molecule has 15 heavy (non-hydrogen) atoms. The summed E-state index contributed by atoms with van der Waals surface area (Å²) in [5, 5.41) is 0. The van der Waals surface area contributed by atoms with E-state index in [2.05, 4.69) is 6.58 Å². The summed E-state index contributed by atoms with van der Waals surface area (Å²) in [4.78, 5) is 11.2. The van der Waals surface area contributed by atoms with Gasteiger partial charge in [-0.15, -0.1) is 12.1 Å². The molecule has 0 unspecified atom stereocenters. The molecule has 1 rings (SSSR count). The van der Waals surface area contributed by atoms with Crippen molar-refractivity contribution in [2.24, 2.45) is 7.05 Å². The van der Waals surface area contributed by atoms with Gasteiger partial charge in [0.2, 0.25) is 0 Å². The number of allylic oxidation sites excluding steroid dienone is 1. The first kappa shape index (κ1) is 15.2. The third kappa shape index (κ3) is 3.95. The summed E-state index contributed by atoms with van der Waals surface area (Å²) >= 11 is 0. The number of aryl methyl sites for hydroxylation is 1. The molecular formula is C7H9BF3KN2O. The molecule has 0 saturated heterocycles. The normalized spacial score (nSPS) is 10.9. The Balaban J connectivity index is 0.00000196. The van der Waals surface area contributed by atoms with Crippen LogP contribution in [0.3, 0.4) is 0 Å². The van der Waals surface area contributed by atoms with Gasteiger partial charge in [-0.25, -0.2) is 4.79 Å². The Hall–Kier alpha value is 0.241. The molecule has 0 aromatic carbocycles. The maximum atomic E-state index is 12.1. The predicted molar refractivity (Wildman–Crippen MR) is 47.9 cm³/mol. The zero-order valence-corrected chi connectivity index (χ0v) is 11.7. The van der Waals surface area contributed by atoms with Crippen molar-refractivity contribution >= 4 is 6.98 Å². The maximum Gasteiger partial charge on any atom is 1.00 e. The molecule has 1 aromatic heterocycles. The summed E-state index contributed by atoms with van der Waals surface area (Å²) in [5.74, 6) is 0. The number of imidazole rings is 1. The van der Waals surface area contributed by atoms with Crippen LogP contribution in [-0.2, 0) is 13.6 Å². The van der Waals surface area contributed by atoms with Crippen molar-refractivity contribution in [1.29, 1.82) is 0 Å². The second kappa shape index (κ2) is 5.53. The second-order valence-corrected chi connectivity index (χ2v) is 3.05. The van der Waals surface area contributed by atoms with E-state index < -0.39 is 24.7 Å². The zero-order valence-electron chi connectivity index (χ0n) is 8.58. The molecule has 0 aliphatic carbocycles. The largest absolute Gasteiger partial charge is 1.00 e. The molecule has 0 spiro atoms. The van der Waals surface area contributed by atoms with Gasteiger partial charge in [-0.05, 0) is 0 Å². The van der Waals surface area contributed by atoms with Gasteiger partial charge in [-0.1, -0.05) is 0 Å². The summed E-state index contributed by atoms with van der Waals surface area (Å²) in [6.07, 6.45) is 2.70. The van der Waals surface area contributed by atoms with Gasteiger partial charge >= 0.3 is 64.1 Å². The molecule has 8 heteroatoms. The van der Waals surface area contributed by atoms with E-state index in [-0.39, 0.29) is 51.4 Å². The molecule has 0 bridgehead atoms. The van der Waals surface area contributed by atoms with Crippen molar-refractivity contribution in [3.8, 4) is 0 Å². The van der Waals surface area contributed by atoms with Gasteiger partial charge in [-0.2, -0.15) is 0 Å². The number of halogens is 3.